The number of halogens is 3. The van der Waals surface area contributed by atoms with E-state index in [1.807, 2.05) is 0 Å². The third-order valence-corrected chi connectivity index (χ3v) is 6.76. The van der Waals surface area contributed by atoms with E-state index in [-0.39, 0.29) is 27.8 Å². The minimum Gasteiger partial charge on any atom is -0.487 e. The molecule has 1 aliphatic carbocycles. The van der Waals surface area contributed by atoms with Gasteiger partial charge in [-0.1, -0.05) is 0 Å². The smallest absolute Gasteiger partial charge is 0.152 e. The zero-order valence-electron chi connectivity index (χ0n) is 16.4. The van der Waals surface area contributed by atoms with Gasteiger partial charge in [-0.15, -0.1) is 0 Å². The van der Waals surface area contributed by atoms with Crippen molar-refractivity contribution in [2.45, 2.75) is 43.7 Å². The molecule has 164 valence electrons. The fourth-order valence-electron chi connectivity index (χ4n) is 4.61. The van der Waals surface area contributed by atoms with Gasteiger partial charge in [-0.2, -0.15) is 0 Å². The summed E-state index contributed by atoms with van der Waals surface area (Å²) in [7, 11) is 0. The first-order valence-corrected chi connectivity index (χ1v) is 10.8. The molecule has 1 fully saturated rings. The van der Waals surface area contributed by atoms with Crippen molar-refractivity contribution in [3.8, 4) is 5.75 Å². The number of ether oxygens (including phenoxy) is 1. The van der Waals surface area contributed by atoms with E-state index < -0.39 is 30.2 Å². The molecule has 0 unspecified atom stereocenters. The number of hydrogen-bond acceptors (Lipinski definition) is 6. The maximum Gasteiger partial charge on any atom is 0.152 e. The van der Waals surface area contributed by atoms with Crippen LogP contribution in [0.2, 0.25) is 0 Å². The van der Waals surface area contributed by atoms with E-state index in [2.05, 4.69) is 26.2 Å². The summed E-state index contributed by atoms with van der Waals surface area (Å²) in [5.41, 5.74) is 7.69. The van der Waals surface area contributed by atoms with Crippen molar-refractivity contribution >= 4 is 32.7 Å². The van der Waals surface area contributed by atoms with Crippen LogP contribution in [0, 0.1) is 11.6 Å². The summed E-state index contributed by atoms with van der Waals surface area (Å²) in [4.78, 5) is 4.21. The first-order chi connectivity index (χ1) is 14.9. The number of nitrogens with one attached hydrogen (secondary N) is 1. The molecule has 1 aromatic carbocycles. The number of aliphatic hydroxyl groups excluding tert-OH is 2. The Hall–Kier alpha value is -2.27. The molecule has 0 bridgehead atoms. The number of aliphatic hydroxyl groups is 2. The summed E-state index contributed by atoms with van der Waals surface area (Å²) in [6.45, 7) is 1.11. The van der Waals surface area contributed by atoms with E-state index in [0.717, 1.165) is 0 Å². The quantitative estimate of drug-likeness (QED) is 0.445. The summed E-state index contributed by atoms with van der Waals surface area (Å²) in [6.07, 6.45) is 0.233. The first kappa shape index (κ1) is 20.6. The maximum absolute atomic E-state index is 14.5. The van der Waals surface area contributed by atoms with Crippen LogP contribution in [-0.4, -0.2) is 44.6 Å². The van der Waals surface area contributed by atoms with Gasteiger partial charge < -0.3 is 30.6 Å². The molecular formula is C21H21BrF2N4O3. The molecule has 3 aromatic rings. The summed E-state index contributed by atoms with van der Waals surface area (Å²) >= 11 is 3.23. The number of hydrogen-bond donors (Lipinski definition) is 4. The number of benzene rings is 1. The Labute approximate surface area is 185 Å². The van der Waals surface area contributed by atoms with Gasteiger partial charge in [0.2, 0.25) is 0 Å². The topological polar surface area (TPSA) is 106 Å². The van der Waals surface area contributed by atoms with Crippen LogP contribution in [0.15, 0.2) is 29.0 Å². The fraction of sp³-hybridized carbons (Fsp3) is 0.381. The van der Waals surface area contributed by atoms with Crippen LogP contribution in [0.25, 0.3) is 11.0 Å². The normalized spacial score (nSPS) is 25.7. The molecule has 1 saturated carbocycles. The van der Waals surface area contributed by atoms with E-state index in [0.29, 0.717) is 42.0 Å². The average molecular weight is 495 g/mol. The highest BCUT2D eigenvalue weighted by Gasteiger charge is 2.45. The van der Waals surface area contributed by atoms with Crippen molar-refractivity contribution in [1.29, 1.82) is 0 Å². The second kappa shape index (κ2) is 7.70. The van der Waals surface area contributed by atoms with Gasteiger partial charge >= 0.3 is 0 Å². The molecule has 10 heteroatoms. The van der Waals surface area contributed by atoms with Gasteiger partial charge in [0.05, 0.1) is 15.9 Å². The molecule has 3 heterocycles. The molecule has 2 aromatic heterocycles. The Morgan fingerprint density at radius 3 is 2.87 bits per heavy atom. The monoisotopic (exact) mass is 494 g/mol. The maximum atomic E-state index is 14.5. The fourth-order valence-corrected chi connectivity index (χ4v) is 5.05. The number of nitrogens with zero attached hydrogens (tertiary/aromatic N) is 2. The Morgan fingerprint density at radius 2 is 2.06 bits per heavy atom. The second-order valence-corrected chi connectivity index (χ2v) is 8.83. The number of nitrogens with two attached hydrogens (primary N) is 1. The Morgan fingerprint density at radius 1 is 1.26 bits per heavy atom. The van der Waals surface area contributed by atoms with Gasteiger partial charge in [-0.25, -0.2) is 13.8 Å². The number of pyridine rings is 1. The molecule has 0 spiro atoms. The third-order valence-electron chi connectivity index (χ3n) is 6.18. The van der Waals surface area contributed by atoms with Crippen LogP contribution >= 0.6 is 15.9 Å². The molecule has 7 nitrogen and oxygen atoms in total. The van der Waals surface area contributed by atoms with E-state index >= 15 is 0 Å². The minimum atomic E-state index is -1.22. The van der Waals surface area contributed by atoms with Gasteiger partial charge in [-0.05, 0) is 46.6 Å². The zero-order valence-corrected chi connectivity index (χ0v) is 17.9. The molecule has 4 atom stereocenters. The Balaban J connectivity index is 1.48. The van der Waals surface area contributed by atoms with Crippen LogP contribution in [0.1, 0.15) is 23.6 Å². The lowest BCUT2D eigenvalue weighted by atomic mass is 9.99. The molecule has 1 aliphatic heterocycles. The van der Waals surface area contributed by atoms with Gasteiger partial charge in [0, 0.05) is 36.6 Å². The van der Waals surface area contributed by atoms with Gasteiger partial charge in [0.1, 0.15) is 35.5 Å². The van der Waals surface area contributed by atoms with Crippen molar-refractivity contribution in [2.75, 3.05) is 12.3 Å². The lowest BCUT2D eigenvalue weighted by Crippen LogP contribution is -2.35. The predicted molar refractivity (Wildman–Crippen MR) is 114 cm³/mol. The Kier molecular flexibility index (Phi) is 5.12. The van der Waals surface area contributed by atoms with E-state index in [1.165, 1.54) is 23.0 Å². The van der Waals surface area contributed by atoms with Crippen LogP contribution < -0.4 is 15.8 Å². The van der Waals surface area contributed by atoms with Crippen LogP contribution in [0.3, 0.4) is 0 Å². The molecule has 0 radical (unpaired) electrons. The lowest BCUT2D eigenvalue weighted by Gasteiger charge is -2.25. The highest BCUT2D eigenvalue weighted by atomic mass is 79.9. The van der Waals surface area contributed by atoms with Crippen LogP contribution in [-0.2, 0) is 13.0 Å². The van der Waals surface area contributed by atoms with Crippen LogP contribution in [0.4, 0.5) is 14.5 Å². The molecule has 2 aliphatic rings. The van der Waals surface area contributed by atoms with Crippen LogP contribution in [0.5, 0.6) is 5.75 Å². The van der Waals surface area contributed by atoms with E-state index in [1.54, 1.807) is 6.07 Å². The average Bonchev–Trinajstić information content (AvgIpc) is 3.24. The number of anilines is 1. The van der Waals surface area contributed by atoms with Crippen molar-refractivity contribution < 1.29 is 23.7 Å². The largest absolute Gasteiger partial charge is 0.487 e. The van der Waals surface area contributed by atoms with Crippen molar-refractivity contribution in [3.63, 3.8) is 0 Å². The SMILES string of the molecule is Nc1ccnc2c1c(F)cn2[C@@H]1C[C@H](Oc2cc(Br)c(F)c3c2CNCC3)[C@@H](O)[C@H]1O. The third kappa shape index (κ3) is 3.29. The minimum absolute atomic E-state index is 0.177. The highest BCUT2D eigenvalue weighted by Crippen LogP contribution is 2.40. The second-order valence-electron chi connectivity index (χ2n) is 7.98. The number of nitrogen functional groups attached to an aromatic ring is 1. The number of rotatable bonds is 3. The van der Waals surface area contributed by atoms with Crippen molar-refractivity contribution in [3.05, 3.63) is 51.8 Å². The van der Waals surface area contributed by atoms with Crippen molar-refractivity contribution in [1.82, 2.24) is 14.9 Å². The van der Waals surface area contributed by atoms with Gasteiger partial charge in [-0.3, -0.25) is 0 Å². The molecular weight excluding hydrogens is 474 g/mol. The molecule has 5 N–H and O–H groups in total. The molecule has 0 saturated heterocycles. The molecule has 0 amide bonds. The van der Waals surface area contributed by atoms with Gasteiger partial charge in [0.25, 0.3) is 0 Å². The summed E-state index contributed by atoms with van der Waals surface area (Å²) < 4.78 is 36.9. The number of fused-ring (bicyclic) bond motifs is 2. The van der Waals surface area contributed by atoms with Gasteiger partial charge in [0.15, 0.2) is 5.82 Å². The summed E-state index contributed by atoms with van der Waals surface area (Å²) in [5.74, 6) is -0.417. The number of aromatic nitrogens is 2. The van der Waals surface area contributed by atoms with E-state index in [9.17, 15) is 19.0 Å². The highest BCUT2D eigenvalue weighted by molar-refractivity contribution is 9.10. The predicted octanol–water partition coefficient (Wildman–Crippen LogP) is 2.42. The zero-order chi connectivity index (χ0) is 21.9. The lowest BCUT2D eigenvalue weighted by molar-refractivity contribution is -0.0167. The standard InChI is InChI=1S/C21H21BrF2N4O3/c22-11-5-15(10-7-26-3-1-9(10)18(11)24)31-16-6-14(19(29)20(16)30)28-8-12(23)17-13(25)2-4-27-21(17)28/h2,4-5,8,14,16,19-20,26,29-30H,1,3,6-7H2,(H2,25,27)/t14-,16+,19+,20-/m1/s1. The molecule has 5 rings (SSSR count). The van der Waals surface area contributed by atoms with Crippen molar-refractivity contribution in [2.24, 2.45) is 0 Å². The van der Waals surface area contributed by atoms with E-state index in [4.69, 9.17) is 10.5 Å². The molecule has 31 heavy (non-hydrogen) atoms. The first-order valence-electron chi connectivity index (χ1n) is 10.0. The summed E-state index contributed by atoms with van der Waals surface area (Å²) in [6, 6.07) is 2.38. The Bertz CT molecular complexity index is 1170. The summed E-state index contributed by atoms with van der Waals surface area (Å²) in [5, 5.41) is 24.8.